The molecule has 0 radical (unpaired) electrons. The fraction of sp³-hybridized carbons (Fsp3) is 0.143. The predicted molar refractivity (Wildman–Crippen MR) is 150 cm³/mol. The molecule has 0 saturated carbocycles. The van der Waals surface area contributed by atoms with E-state index >= 15 is 0 Å². The Hall–Kier alpha value is -4.32. The molecule has 12 heteroatoms. The van der Waals surface area contributed by atoms with Gasteiger partial charge in [0.2, 0.25) is 10.0 Å². The molecule has 0 unspecified atom stereocenters. The summed E-state index contributed by atoms with van der Waals surface area (Å²) in [4.78, 5) is 28.0. The minimum absolute atomic E-state index is 0.0597. The third-order valence-electron chi connectivity index (χ3n) is 5.69. The Morgan fingerprint density at radius 1 is 0.975 bits per heavy atom. The number of carbonyl (C=O) groups excluding carboxylic acids is 2. The fourth-order valence-electron chi connectivity index (χ4n) is 3.57. The van der Waals surface area contributed by atoms with Gasteiger partial charge < -0.3 is 9.73 Å². The van der Waals surface area contributed by atoms with Gasteiger partial charge in [-0.3, -0.25) is 14.6 Å². The van der Waals surface area contributed by atoms with Crippen molar-refractivity contribution >= 4 is 39.7 Å². The summed E-state index contributed by atoms with van der Waals surface area (Å²) >= 11 is 5.95. The highest BCUT2D eigenvalue weighted by molar-refractivity contribution is 7.89. The van der Waals surface area contributed by atoms with E-state index in [2.05, 4.69) is 20.8 Å². The Morgan fingerprint density at radius 2 is 1.73 bits per heavy atom. The maximum atomic E-state index is 13.5. The Kier molecular flexibility index (Phi) is 9.43. The lowest BCUT2D eigenvalue weighted by Crippen LogP contribution is -2.37. The quantitative estimate of drug-likeness (QED) is 0.167. The highest BCUT2D eigenvalue weighted by Gasteiger charge is 2.26. The molecule has 206 valence electrons. The number of halogens is 1. The van der Waals surface area contributed by atoms with Gasteiger partial charge in [0, 0.05) is 30.5 Å². The van der Waals surface area contributed by atoms with Gasteiger partial charge in [-0.2, -0.15) is 9.41 Å². The van der Waals surface area contributed by atoms with E-state index in [0.29, 0.717) is 10.8 Å². The number of pyridine rings is 1. The van der Waals surface area contributed by atoms with Gasteiger partial charge in [0.05, 0.1) is 17.7 Å². The zero-order valence-corrected chi connectivity index (χ0v) is 23.0. The molecular weight excluding hydrogens is 554 g/mol. The summed E-state index contributed by atoms with van der Waals surface area (Å²) in [6.45, 7) is 2.15. The molecule has 40 heavy (non-hydrogen) atoms. The third-order valence-corrected chi connectivity index (χ3v) is 7.74. The smallest absolute Gasteiger partial charge is 0.329 e. The van der Waals surface area contributed by atoms with Gasteiger partial charge in [-0.1, -0.05) is 47.5 Å². The van der Waals surface area contributed by atoms with E-state index < -0.39 is 21.8 Å². The number of nitrogens with one attached hydrogen (secondary N) is 2. The lowest BCUT2D eigenvalue weighted by molar-refractivity contribution is -0.139. The summed E-state index contributed by atoms with van der Waals surface area (Å²) in [5, 5.41) is 6.65. The number of aryl methyl sites for hydroxylation is 1. The van der Waals surface area contributed by atoms with E-state index in [9.17, 15) is 18.0 Å². The molecule has 4 rings (SSSR count). The van der Waals surface area contributed by atoms with Crippen LogP contribution in [0.15, 0.2) is 99.6 Å². The molecule has 0 aliphatic carbocycles. The third kappa shape index (κ3) is 7.85. The molecule has 0 atom stereocenters. The Bertz CT molecular complexity index is 1590. The lowest BCUT2D eigenvalue weighted by Gasteiger charge is -2.21. The van der Waals surface area contributed by atoms with Crippen molar-refractivity contribution < 1.29 is 22.4 Å². The number of furan rings is 1. The predicted octanol–water partition coefficient (Wildman–Crippen LogP) is 3.79. The number of rotatable bonds is 10. The van der Waals surface area contributed by atoms with Crippen molar-refractivity contribution in [3.63, 3.8) is 0 Å². The van der Waals surface area contributed by atoms with Crippen LogP contribution in [-0.2, 0) is 39.2 Å². The van der Waals surface area contributed by atoms with Crippen molar-refractivity contribution in [2.24, 2.45) is 5.10 Å². The van der Waals surface area contributed by atoms with Crippen molar-refractivity contribution in [1.82, 2.24) is 20.0 Å². The second-order valence-corrected chi connectivity index (χ2v) is 11.1. The summed E-state index contributed by atoms with van der Waals surface area (Å²) in [5.41, 5.74) is 4.74. The van der Waals surface area contributed by atoms with Crippen LogP contribution >= 0.6 is 11.6 Å². The molecule has 0 saturated heterocycles. The molecule has 2 heterocycles. The standard InChI is InChI=1S/C28H26ClN5O5S/c1-20-4-6-21(7-5-20)18-34(40(37,38)26-12-8-23(29)9-13-26)19-25-11-10-24(39-25)17-32-33-28(36)27(35)31-16-22-3-2-14-30-15-22/h2-15,17H,16,18-19H2,1H3,(H,31,35)(H,33,36)/b32-17+. The van der Waals surface area contributed by atoms with E-state index in [1.165, 1.54) is 34.8 Å². The fourth-order valence-corrected chi connectivity index (χ4v) is 5.09. The van der Waals surface area contributed by atoms with Crippen LogP contribution in [0.1, 0.15) is 28.2 Å². The molecule has 0 aliphatic rings. The maximum absolute atomic E-state index is 13.5. The molecular formula is C28H26ClN5O5S. The molecule has 2 aromatic carbocycles. The van der Waals surface area contributed by atoms with Crippen LogP contribution in [0.25, 0.3) is 0 Å². The van der Waals surface area contributed by atoms with Gasteiger partial charge in [0.15, 0.2) is 0 Å². The van der Waals surface area contributed by atoms with Gasteiger partial charge in [0.1, 0.15) is 11.5 Å². The Labute approximate surface area is 236 Å². The largest absolute Gasteiger partial charge is 0.459 e. The average molecular weight is 580 g/mol. The maximum Gasteiger partial charge on any atom is 0.329 e. The van der Waals surface area contributed by atoms with Crippen LogP contribution < -0.4 is 10.7 Å². The van der Waals surface area contributed by atoms with Crippen LogP contribution in [0.5, 0.6) is 0 Å². The van der Waals surface area contributed by atoms with Crippen LogP contribution in [-0.4, -0.2) is 35.7 Å². The van der Waals surface area contributed by atoms with Gasteiger partial charge in [-0.05, 0) is 60.5 Å². The van der Waals surface area contributed by atoms with E-state index in [4.69, 9.17) is 16.0 Å². The number of hydrazone groups is 1. The first-order valence-corrected chi connectivity index (χ1v) is 13.9. The van der Waals surface area contributed by atoms with Crippen LogP contribution in [0.2, 0.25) is 5.02 Å². The molecule has 4 aromatic rings. The van der Waals surface area contributed by atoms with Gasteiger partial charge in [-0.25, -0.2) is 13.8 Å². The first-order valence-electron chi connectivity index (χ1n) is 12.1. The summed E-state index contributed by atoms with van der Waals surface area (Å²) < 4.78 is 34.0. The lowest BCUT2D eigenvalue weighted by atomic mass is 10.1. The molecule has 2 amide bonds. The second kappa shape index (κ2) is 13.2. The number of amides is 2. The number of hydrogen-bond donors (Lipinski definition) is 2. The number of hydrogen-bond acceptors (Lipinski definition) is 7. The molecule has 2 aromatic heterocycles. The molecule has 0 spiro atoms. The Morgan fingerprint density at radius 3 is 2.42 bits per heavy atom. The van der Waals surface area contributed by atoms with Crippen molar-refractivity contribution in [2.75, 3.05) is 0 Å². The number of carbonyl (C=O) groups is 2. The molecule has 0 bridgehead atoms. The van der Waals surface area contributed by atoms with E-state index in [0.717, 1.165) is 16.7 Å². The summed E-state index contributed by atoms with van der Waals surface area (Å²) in [6.07, 6.45) is 4.40. The minimum atomic E-state index is -3.90. The van der Waals surface area contributed by atoms with E-state index in [1.54, 1.807) is 36.7 Å². The number of aromatic nitrogens is 1. The summed E-state index contributed by atoms with van der Waals surface area (Å²) in [5.74, 6) is -1.21. The van der Waals surface area contributed by atoms with Crippen LogP contribution in [0, 0.1) is 6.92 Å². The molecule has 2 N–H and O–H groups in total. The molecule has 10 nitrogen and oxygen atoms in total. The van der Waals surface area contributed by atoms with Crippen LogP contribution in [0.4, 0.5) is 0 Å². The first-order chi connectivity index (χ1) is 19.2. The molecule has 0 fully saturated rings. The van der Waals surface area contributed by atoms with Gasteiger partial charge in [-0.15, -0.1) is 0 Å². The summed E-state index contributed by atoms with van der Waals surface area (Å²) in [6, 6.07) is 20.2. The summed E-state index contributed by atoms with van der Waals surface area (Å²) in [7, 11) is -3.90. The zero-order valence-electron chi connectivity index (χ0n) is 21.5. The zero-order chi connectivity index (χ0) is 28.5. The van der Waals surface area contributed by atoms with Crippen molar-refractivity contribution in [3.8, 4) is 0 Å². The van der Waals surface area contributed by atoms with Gasteiger partial charge >= 0.3 is 11.8 Å². The van der Waals surface area contributed by atoms with E-state index in [-0.39, 0.29) is 30.3 Å². The first kappa shape index (κ1) is 28.7. The normalized spacial score (nSPS) is 11.6. The number of sulfonamides is 1. The number of nitrogens with zero attached hydrogens (tertiary/aromatic N) is 3. The van der Waals surface area contributed by atoms with Gasteiger partial charge in [0.25, 0.3) is 0 Å². The highest BCUT2D eigenvalue weighted by atomic mass is 35.5. The SMILES string of the molecule is Cc1ccc(CN(Cc2ccc(/C=N/NC(=O)C(=O)NCc3cccnc3)o2)S(=O)(=O)c2ccc(Cl)cc2)cc1. The molecule has 0 aliphatic heterocycles. The van der Waals surface area contributed by atoms with Crippen molar-refractivity contribution in [2.45, 2.75) is 31.5 Å². The Balaban J connectivity index is 1.41. The second-order valence-electron chi connectivity index (χ2n) is 8.76. The van der Waals surface area contributed by atoms with E-state index in [1.807, 2.05) is 31.2 Å². The minimum Gasteiger partial charge on any atom is -0.459 e. The van der Waals surface area contributed by atoms with Crippen LogP contribution in [0.3, 0.4) is 0 Å². The van der Waals surface area contributed by atoms with Crippen molar-refractivity contribution in [1.29, 1.82) is 0 Å². The monoisotopic (exact) mass is 579 g/mol. The topological polar surface area (TPSA) is 134 Å². The van der Waals surface area contributed by atoms with Crippen molar-refractivity contribution in [3.05, 3.63) is 118 Å². The average Bonchev–Trinajstić information content (AvgIpc) is 3.40. The highest BCUT2D eigenvalue weighted by Crippen LogP contribution is 2.23. The number of benzene rings is 2.